The molecule has 1 atom stereocenters. The molecule has 7 nitrogen and oxygen atoms in total. The minimum Gasteiger partial charge on any atom is -0.341 e. The third kappa shape index (κ3) is 5.32. The number of rotatable bonds is 6. The Morgan fingerprint density at radius 1 is 1.26 bits per heavy atom. The molecule has 2 aromatic rings. The molecule has 146 valence electrons. The lowest BCUT2D eigenvalue weighted by Crippen LogP contribution is -2.45. The van der Waals surface area contributed by atoms with Gasteiger partial charge >= 0.3 is 0 Å². The Balaban J connectivity index is 1.63. The van der Waals surface area contributed by atoms with E-state index in [2.05, 4.69) is 34.3 Å². The summed E-state index contributed by atoms with van der Waals surface area (Å²) < 4.78 is 14.8. The van der Waals surface area contributed by atoms with Crippen LogP contribution in [0.5, 0.6) is 0 Å². The first-order valence-electron chi connectivity index (χ1n) is 9.50. The number of benzene rings is 1. The van der Waals surface area contributed by atoms with Gasteiger partial charge < -0.3 is 4.90 Å². The molecule has 0 aliphatic carbocycles. The normalized spacial score (nSPS) is 18.7. The molecule has 0 spiro atoms. The second-order valence-electron chi connectivity index (χ2n) is 7.42. The fourth-order valence-electron chi connectivity index (χ4n) is 3.59. The first kappa shape index (κ1) is 19.4. The molecule has 1 aliphatic heterocycles. The van der Waals surface area contributed by atoms with Crippen molar-refractivity contribution in [3.8, 4) is 0 Å². The largest absolute Gasteiger partial charge is 0.341 e. The van der Waals surface area contributed by atoms with Crippen LogP contribution in [0.4, 0.5) is 4.39 Å². The summed E-state index contributed by atoms with van der Waals surface area (Å²) in [4.78, 5) is 17.1. The van der Waals surface area contributed by atoms with Crippen LogP contribution in [0.15, 0.2) is 30.6 Å². The molecule has 2 heterocycles. The van der Waals surface area contributed by atoms with Crippen LogP contribution in [0.3, 0.4) is 0 Å². The fourth-order valence-corrected chi connectivity index (χ4v) is 3.59. The molecule has 3 rings (SSSR count). The monoisotopic (exact) mass is 374 g/mol. The Hall–Kier alpha value is -2.35. The van der Waals surface area contributed by atoms with Crippen molar-refractivity contribution >= 4 is 5.91 Å². The Kier molecular flexibility index (Phi) is 6.49. The predicted molar refractivity (Wildman–Crippen MR) is 99.1 cm³/mol. The van der Waals surface area contributed by atoms with Crippen molar-refractivity contribution in [1.29, 1.82) is 0 Å². The van der Waals surface area contributed by atoms with Crippen molar-refractivity contribution in [2.45, 2.75) is 45.8 Å². The Morgan fingerprint density at radius 2 is 2.04 bits per heavy atom. The predicted octanol–water partition coefficient (Wildman–Crippen LogP) is 1.96. The number of hydrogen-bond donors (Lipinski definition) is 0. The minimum absolute atomic E-state index is 0.139. The summed E-state index contributed by atoms with van der Waals surface area (Å²) in [5.41, 5.74) is 1.10. The van der Waals surface area contributed by atoms with Gasteiger partial charge in [0.05, 0.1) is 6.54 Å². The van der Waals surface area contributed by atoms with Gasteiger partial charge in [0.2, 0.25) is 5.91 Å². The van der Waals surface area contributed by atoms with Crippen molar-refractivity contribution in [1.82, 2.24) is 30.0 Å². The zero-order valence-electron chi connectivity index (χ0n) is 16.0. The molecular weight excluding hydrogens is 347 g/mol. The molecule has 1 aliphatic rings. The maximum Gasteiger partial charge on any atom is 0.224 e. The van der Waals surface area contributed by atoms with Gasteiger partial charge in [-0.15, -0.1) is 5.10 Å². The third-order valence-corrected chi connectivity index (χ3v) is 5.12. The lowest BCUT2D eigenvalue weighted by atomic mass is 10.0. The standard InChI is InChI=1S/C19H27FN6O/c1-15(2)18-13-25(19(27)8-11-26-14-21-22-23-26)10-3-9-24(18)12-16-4-6-17(20)7-5-16/h4-7,14-15,18H,3,8-13H2,1-2H3/t18-/m1/s1. The van der Waals surface area contributed by atoms with Crippen molar-refractivity contribution in [2.75, 3.05) is 19.6 Å². The van der Waals surface area contributed by atoms with E-state index < -0.39 is 0 Å². The minimum atomic E-state index is -0.214. The zero-order valence-corrected chi connectivity index (χ0v) is 16.0. The van der Waals surface area contributed by atoms with Crippen LogP contribution >= 0.6 is 0 Å². The van der Waals surface area contributed by atoms with E-state index in [0.29, 0.717) is 25.4 Å². The van der Waals surface area contributed by atoms with Crippen LogP contribution < -0.4 is 0 Å². The molecule has 1 aromatic heterocycles. The van der Waals surface area contributed by atoms with Gasteiger partial charge in [-0.1, -0.05) is 26.0 Å². The average Bonchev–Trinajstić information content (AvgIpc) is 3.08. The van der Waals surface area contributed by atoms with Crippen molar-refractivity contribution in [3.05, 3.63) is 42.0 Å². The number of aromatic nitrogens is 4. The van der Waals surface area contributed by atoms with E-state index in [-0.39, 0.29) is 17.8 Å². The van der Waals surface area contributed by atoms with Gasteiger partial charge in [-0.05, 0) is 40.5 Å². The van der Waals surface area contributed by atoms with E-state index in [0.717, 1.165) is 31.6 Å². The summed E-state index contributed by atoms with van der Waals surface area (Å²) in [6.07, 6.45) is 2.85. The molecule has 27 heavy (non-hydrogen) atoms. The molecule has 0 saturated carbocycles. The molecule has 1 saturated heterocycles. The molecule has 1 fully saturated rings. The molecule has 0 radical (unpaired) electrons. The first-order chi connectivity index (χ1) is 13.0. The number of aryl methyl sites for hydroxylation is 1. The van der Waals surface area contributed by atoms with Gasteiger partial charge in [-0.3, -0.25) is 9.69 Å². The number of amides is 1. The maximum atomic E-state index is 13.2. The number of nitrogens with zero attached hydrogens (tertiary/aromatic N) is 6. The zero-order chi connectivity index (χ0) is 19.2. The number of hydrogen-bond acceptors (Lipinski definition) is 5. The van der Waals surface area contributed by atoms with Crippen molar-refractivity contribution in [2.24, 2.45) is 5.92 Å². The number of carbonyl (C=O) groups is 1. The van der Waals surface area contributed by atoms with Crippen LogP contribution in [-0.2, 0) is 17.9 Å². The SMILES string of the molecule is CC(C)[C@H]1CN(C(=O)CCn2cnnn2)CCCN1Cc1ccc(F)cc1. The van der Waals surface area contributed by atoms with Crippen LogP contribution in [0, 0.1) is 11.7 Å². The smallest absolute Gasteiger partial charge is 0.224 e. The van der Waals surface area contributed by atoms with E-state index in [9.17, 15) is 9.18 Å². The molecule has 8 heteroatoms. The maximum absolute atomic E-state index is 13.2. The third-order valence-electron chi connectivity index (χ3n) is 5.12. The second-order valence-corrected chi connectivity index (χ2v) is 7.42. The van der Waals surface area contributed by atoms with E-state index in [4.69, 9.17) is 0 Å². The van der Waals surface area contributed by atoms with Crippen LogP contribution in [0.25, 0.3) is 0 Å². The summed E-state index contributed by atoms with van der Waals surface area (Å²) in [6, 6.07) is 6.97. The molecule has 0 unspecified atom stereocenters. The quantitative estimate of drug-likeness (QED) is 0.773. The highest BCUT2D eigenvalue weighted by molar-refractivity contribution is 5.76. The highest BCUT2D eigenvalue weighted by Crippen LogP contribution is 2.20. The second kappa shape index (κ2) is 9.03. The molecular formula is C19H27FN6O. The average molecular weight is 374 g/mol. The summed E-state index contributed by atoms with van der Waals surface area (Å²) in [7, 11) is 0. The lowest BCUT2D eigenvalue weighted by molar-refractivity contribution is -0.132. The summed E-state index contributed by atoms with van der Waals surface area (Å²) in [6.45, 7) is 8.06. The number of carbonyl (C=O) groups excluding carboxylic acids is 1. The Labute approximate surface area is 159 Å². The fraction of sp³-hybridized carbons (Fsp3) is 0.579. The van der Waals surface area contributed by atoms with Gasteiger partial charge in [-0.2, -0.15) is 0 Å². The molecule has 1 aromatic carbocycles. The summed E-state index contributed by atoms with van der Waals surface area (Å²) >= 11 is 0. The van der Waals surface area contributed by atoms with Gasteiger partial charge in [0, 0.05) is 38.6 Å². The van der Waals surface area contributed by atoms with Crippen LogP contribution in [0.1, 0.15) is 32.3 Å². The summed E-state index contributed by atoms with van der Waals surface area (Å²) in [5.74, 6) is 0.340. The number of halogens is 1. The molecule has 0 N–H and O–H groups in total. The van der Waals surface area contributed by atoms with Gasteiger partial charge in [0.1, 0.15) is 12.1 Å². The van der Waals surface area contributed by atoms with Crippen LogP contribution in [0.2, 0.25) is 0 Å². The molecule has 0 bridgehead atoms. The number of tetrazole rings is 1. The Bertz CT molecular complexity index is 718. The molecule has 1 amide bonds. The van der Waals surface area contributed by atoms with E-state index in [1.165, 1.54) is 18.5 Å². The van der Waals surface area contributed by atoms with E-state index in [1.807, 2.05) is 17.0 Å². The van der Waals surface area contributed by atoms with Gasteiger partial charge in [-0.25, -0.2) is 9.07 Å². The van der Waals surface area contributed by atoms with Gasteiger partial charge in [0.25, 0.3) is 0 Å². The van der Waals surface area contributed by atoms with E-state index >= 15 is 0 Å². The summed E-state index contributed by atoms with van der Waals surface area (Å²) in [5, 5.41) is 11.0. The van der Waals surface area contributed by atoms with Crippen molar-refractivity contribution < 1.29 is 9.18 Å². The van der Waals surface area contributed by atoms with Gasteiger partial charge in [0.15, 0.2) is 0 Å². The van der Waals surface area contributed by atoms with Crippen molar-refractivity contribution in [3.63, 3.8) is 0 Å². The highest BCUT2D eigenvalue weighted by atomic mass is 19.1. The van der Waals surface area contributed by atoms with E-state index in [1.54, 1.807) is 4.68 Å². The Morgan fingerprint density at radius 3 is 2.70 bits per heavy atom. The lowest BCUT2D eigenvalue weighted by Gasteiger charge is -2.34. The topological polar surface area (TPSA) is 67.2 Å². The highest BCUT2D eigenvalue weighted by Gasteiger charge is 2.29. The van der Waals surface area contributed by atoms with Crippen LogP contribution in [-0.4, -0.2) is 61.6 Å². The first-order valence-corrected chi connectivity index (χ1v) is 9.50.